The third-order valence-corrected chi connectivity index (χ3v) is 5.70. The Balaban J connectivity index is 1.63. The number of imidazole rings is 1. The molecule has 8 nitrogen and oxygen atoms in total. The molecular formula is C20H21F2N5O3S. The molecule has 1 aliphatic rings. The zero-order chi connectivity index (χ0) is 22.0. The van der Waals surface area contributed by atoms with Crippen molar-refractivity contribution in [2.75, 3.05) is 6.26 Å². The van der Waals surface area contributed by atoms with E-state index in [9.17, 15) is 13.6 Å². The maximum atomic E-state index is 13.7. The Morgan fingerprint density at radius 1 is 1.23 bits per heavy atom. The Hall–Kier alpha value is -2.95. The molecule has 0 spiro atoms. The summed E-state index contributed by atoms with van der Waals surface area (Å²) in [5.74, 6) is 0.166. The molecule has 1 aliphatic carbocycles. The molecule has 0 bridgehead atoms. The summed E-state index contributed by atoms with van der Waals surface area (Å²) in [6, 6.07) is 8.34. The number of nitrogens with zero attached hydrogens (tertiary/aromatic N) is 4. The van der Waals surface area contributed by atoms with Crippen LogP contribution in [-0.4, -0.2) is 49.1 Å². The van der Waals surface area contributed by atoms with E-state index in [0.717, 1.165) is 0 Å². The lowest BCUT2D eigenvalue weighted by Crippen LogP contribution is -2.39. The van der Waals surface area contributed by atoms with Gasteiger partial charge in [-0.25, -0.2) is 23.5 Å². The molecule has 2 N–H and O–H groups in total. The van der Waals surface area contributed by atoms with Gasteiger partial charge in [0.05, 0.1) is 11.0 Å². The summed E-state index contributed by atoms with van der Waals surface area (Å²) in [5, 5.41) is 11.8. The molecule has 2 heterocycles. The number of aromatic nitrogens is 4. The van der Waals surface area contributed by atoms with Gasteiger partial charge in [-0.3, -0.25) is 4.57 Å². The average Bonchev–Trinajstić information content (AvgIpc) is 3.14. The van der Waals surface area contributed by atoms with Crippen LogP contribution >= 0.6 is 11.8 Å². The molecule has 164 valence electrons. The van der Waals surface area contributed by atoms with Crippen LogP contribution in [0, 0.1) is 0 Å². The molecule has 0 aliphatic heterocycles. The highest BCUT2D eigenvalue weighted by atomic mass is 32.2. The van der Waals surface area contributed by atoms with Gasteiger partial charge in [0.2, 0.25) is 5.88 Å². The van der Waals surface area contributed by atoms with E-state index in [-0.39, 0.29) is 18.0 Å². The first kappa shape index (κ1) is 21.3. The molecule has 4 rings (SSSR count). The summed E-state index contributed by atoms with van der Waals surface area (Å²) in [6.07, 6.45) is 0.491. The third-order valence-electron chi connectivity index (χ3n) is 5.15. The van der Waals surface area contributed by atoms with E-state index in [4.69, 9.17) is 9.84 Å². The molecule has 0 atom stereocenters. The number of carbonyl (C=O) groups is 1. The largest absolute Gasteiger partial charge is 0.474 e. The van der Waals surface area contributed by atoms with Crippen molar-refractivity contribution in [2.24, 2.45) is 0 Å². The molecule has 3 aromatic rings. The van der Waals surface area contributed by atoms with Gasteiger partial charge in [-0.15, -0.1) is 0 Å². The van der Waals surface area contributed by atoms with Gasteiger partial charge in [0, 0.05) is 12.1 Å². The second-order valence-corrected chi connectivity index (χ2v) is 7.96. The summed E-state index contributed by atoms with van der Waals surface area (Å²) in [5.41, 5.74) is 0.976. The molecule has 1 amide bonds. The van der Waals surface area contributed by atoms with Crippen molar-refractivity contribution >= 4 is 28.9 Å². The Labute approximate surface area is 181 Å². The first-order valence-electron chi connectivity index (χ1n) is 9.79. The van der Waals surface area contributed by atoms with Gasteiger partial charge in [-0.05, 0) is 44.1 Å². The van der Waals surface area contributed by atoms with Gasteiger partial charge in [0.25, 0.3) is 6.43 Å². The zero-order valence-electron chi connectivity index (χ0n) is 16.7. The number of para-hydroxylation sites is 2. The van der Waals surface area contributed by atoms with Crippen LogP contribution in [0.1, 0.15) is 37.9 Å². The number of carboxylic acid groups (broad SMARTS) is 1. The van der Waals surface area contributed by atoms with E-state index < -0.39 is 18.3 Å². The number of amides is 1. The van der Waals surface area contributed by atoms with Crippen LogP contribution in [0.15, 0.2) is 35.5 Å². The number of halogens is 2. The summed E-state index contributed by atoms with van der Waals surface area (Å²) in [7, 11) is 0. The zero-order valence-corrected chi connectivity index (χ0v) is 17.5. The number of ether oxygens (including phenoxy) is 1. The maximum absolute atomic E-state index is 13.7. The molecule has 1 aromatic carbocycles. The molecule has 0 saturated heterocycles. The number of fused-ring (bicyclic) bond motifs is 1. The van der Waals surface area contributed by atoms with Gasteiger partial charge in [0.15, 0.2) is 11.0 Å². The van der Waals surface area contributed by atoms with Crippen LogP contribution in [-0.2, 0) is 0 Å². The van der Waals surface area contributed by atoms with E-state index >= 15 is 0 Å². The molecule has 0 unspecified atom stereocenters. The lowest BCUT2D eigenvalue weighted by atomic mass is 9.93. The van der Waals surface area contributed by atoms with E-state index in [2.05, 4.69) is 20.3 Å². The molecular weight excluding hydrogens is 428 g/mol. The Morgan fingerprint density at radius 3 is 2.65 bits per heavy atom. The van der Waals surface area contributed by atoms with Crippen LogP contribution in [0.4, 0.5) is 13.6 Å². The Morgan fingerprint density at radius 2 is 1.97 bits per heavy atom. The number of hydrogen-bond donors (Lipinski definition) is 2. The van der Waals surface area contributed by atoms with Gasteiger partial charge in [0.1, 0.15) is 11.9 Å². The smallest absolute Gasteiger partial charge is 0.404 e. The fourth-order valence-electron chi connectivity index (χ4n) is 3.76. The Kier molecular flexibility index (Phi) is 6.21. The van der Waals surface area contributed by atoms with Crippen molar-refractivity contribution in [1.29, 1.82) is 0 Å². The average molecular weight is 449 g/mol. The van der Waals surface area contributed by atoms with E-state index in [0.29, 0.717) is 47.8 Å². The van der Waals surface area contributed by atoms with Crippen LogP contribution in [0.25, 0.3) is 16.9 Å². The summed E-state index contributed by atoms with van der Waals surface area (Å²) < 4.78 is 34.8. The molecule has 0 radical (unpaired) electrons. The van der Waals surface area contributed by atoms with E-state index in [1.807, 2.05) is 0 Å². The lowest BCUT2D eigenvalue weighted by Gasteiger charge is -2.28. The van der Waals surface area contributed by atoms with Crippen molar-refractivity contribution < 1.29 is 23.4 Å². The molecule has 2 aromatic heterocycles. The summed E-state index contributed by atoms with van der Waals surface area (Å²) in [6.45, 7) is 0. The quantitative estimate of drug-likeness (QED) is 0.424. The predicted octanol–water partition coefficient (Wildman–Crippen LogP) is 4.43. The predicted molar refractivity (Wildman–Crippen MR) is 111 cm³/mol. The molecule has 31 heavy (non-hydrogen) atoms. The SMILES string of the molecule is CSc1nc(OC2CCC(NC(=O)O)CC2)cc(-n2c(C(F)F)nc3ccccc32)n1. The van der Waals surface area contributed by atoms with Gasteiger partial charge < -0.3 is 15.2 Å². The van der Waals surface area contributed by atoms with Gasteiger partial charge in [-0.1, -0.05) is 23.9 Å². The highest BCUT2D eigenvalue weighted by Gasteiger charge is 2.25. The van der Waals surface area contributed by atoms with Crippen LogP contribution in [0.3, 0.4) is 0 Å². The molecule has 11 heteroatoms. The van der Waals surface area contributed by atoms with E-state index in [1.165, 1.54) is 16.3 Å². The topological polar surface area (TPSA) is 102 Å². The Bertz CT molecular complexity index is 1090. The highest BCUT2D eigenvalue weighted by Crippen LogP contribution is 2.30. The molecule has 1 saturated carbocycles. The number of nitrogens with one attached hydrogen (secondary N) is 1. The number of hydrogen-bond acceptors (Lipinski definition) is 6. The van der Waals surface area contributed by atoms with Crippen molar-refractivity contribution in [3.05, 3.63) is 36.2 Å². The van der Waals surface area contributed by atoms with Crippen molar-refractivity contribution in [1.82, 2.24) is 24.8 Å². The van der Waals surface area contributed by atoms with Crippen molar-refractivity contribution in [2.45, 2.75) is 49.4 Å². The second-order valence-electron chi connectivity index (χ2n) is 7.19. The highest BCUT2D eigenvalue weighted by molar-refractivity contribution is 7.98. The van der Waals surface area contributed by atoms with Crippen LogP contribution < -0.4 is 10.1 Å². The summed E-state index contributed by atoms with van der Waals surface area (Å²) >= 11 is 1.28. The van der Waals surface area contributed by atoms with Crippen molar-refractivity contribution in [3.63, 3.8) is 0 Å². The standard InChI is InChI=1S/C20H21F2N5O3S/c1-31-19-25-15(27-14-5-3-2-4-13(14)24-18(27)17(21)22)10-16(26-19)30-12-8-6-11(7-9-12)23-20(28)29/h2-5,10-12,17,23H,6-9H2,1H3,(H,28,29). The fraction of sp³-hybridized carbons (Fsp3) is 0.400. The minimum atomic E-state index is -2.78. The van der Waals surface area contributed by atoms with Crippen LogP contribution in [0.2, 0.25) is 0 Å². The number of benzene rings is 1. The number of alkyl halides is 2. The monoisotopic (exact) mass is 449 g/mol. The molecule has 1 fully saturated rings. The third kappa shape index (κ3) is 4.71. The normalized spacial score (nSPS) is 19.0. The van der Waals surface area contributed by atoms with Gasteiger partial charge >= 0.3 is 6.09 Å². The van der Waals surface area contributed by atoms with Crippen molar-refractivity contribution in [3.8, 4) is 11.7 Å². The second kappa shape index (κ2) is 9.04. The van der Waals surface area contributed by atoms with Gasteiger partial charge in [-0.2, -0.15) is 4.98 Å². The van der Waals surface area contributed by atoms with E-state index in [1.54, 1.807) is 36.6 Å². The first-order valence-corrected chi connectivity index (χ1v) is 11.0. The minimum absolute atomic E-state index is 0.0917. The first-order chi connectivity index (χ1) is 14.9. The lowest BCUT2D eigenvalue weighted by molar-refractivity contribution is 0.128. The maximum Gasteiger partial charge on any atom is 0.404 e. The fourth-order valence-corrected chi connectivity index (χ4v) is 4.13. The number of thioether (sulfide) groups is 1. The van der Waals surface area contributed by atoms with Crippen LogP contribution in [0.5, 0.6) is 5.88 Å². The number of rotatable bonds is 6. The summed E-state index contributed by atoms with van der Waals surface area (Å²) in [4.78, 5) is 23.7. The minimum Gasteiger partial charge on any atom is -0.474 e.